The highest BCUT2D eigenvalue weighted by molar-refractivity contribution is 5.98. The molecule has 0 fully saturated rings. The summed E-state index contributed by atoms with van der Waals surface area (Å²) in [6, 6.07) is 16.4. The van der Waals surface area contributed by atoms with Gasteiger partial charge in [-0.3, -0.25) is 25.2 Å². The van der Waals surface area contributed by atoms with Crippen LogP contribution in [-0.4, -0.2) is 27.1 Å². The highest BCUT2D eigenvalue weighted by Crippen LogP contribution is 2.14. The summed E-state index contributed by atoms with van der Waals surface area (Å²) < 4.78 is 1.84. The first-order chi connectivity index (χ1) is 13.0. The lowest BCUT2D eigenvalue weighted by molar-refractivity contribution is -0.128. The number of hydrogen-bond donors (Lipinski definition) is 2. The maximum Gasteiger partial charge on any atom is 0.245 e. The molecule has 1 aromatic heterocycles. The molecular formula is C20H20N4O3. The monoisotopic (exact) mass is 364 g/mol. The molecule has 2 N–H and O–H groups in total. The van der Waals surface area contributed by atoms with Crippen LogP contribution >= 0.6 is 0 Å². The molecule has 0 spiro atoms. The van der Waals surface area contributed by atoms with Crippen molar-refractivity contribution in [1.29, 1.82) is 0 Å². The summed E-state index contributed by atoms with van der Waals surface area (Å²) in [5.74, 6) is -0.312. The van der Waals surface area contributed by atoms with Gasteiger partial charge < -0.3 is 4.57 Å². The number of carbonyl (C=O) groups excluding carboxylic acids is 3. The van der Waals surface area contributed by atoms with Crippen LogP contribution in [0.3, 0.4) is 0 Å². The van der Waals surface area contributed by atoms with E-state index in [0.29, 0.717) is 11.4 Å². The zero-order valence-corrected chi connectivity index (χ0v) is 14.9. The molecule has 0 aliphatic heterocycles. The van der Waals surface area contributed by atoms with Crippen LogP contribution in [0.25, 0.3) is 11.0 Å². The molecule has 0 aliphatic carbocycles. The van der Waals surface area contributed by atoms with E-state index in [2.05, 4.69) is 15.8 Å². The van der Waals surface area contributed by atoms with Crippen molar-refractivity contribution in [2.45, 2.75) is 19.3 Å². The number of rotatable bonds is 6. The Kier molecular flexibility index (Phi) is 5.61. The van der Waals surface area contributed by atoms with Crippen molar-refractivity contribution in [2.24, 2.45) is 7.05 Å². The molecule has 2 amide bonds. The number of hydrogen-bond acceptors (Lipinski definition) is 4. The molecule has 7 nitrogen and oxygen atoms in total. The van der Waals surface area contributed by atoms with Crippen LogP contribution in [0.2, 0.25) is 0 Å². The van der Waals surface area contributed by atoms with Gasteiger partial charge in [-0.05, 0) is 12.1 Å². The molecule has 7 heteroatoms. The highest BCUT2D eigenvalue weighted by atomic mass is 16.2. The second-order valence-electron chi connectivity index (χ2n) is 6.14. The first-order valence-corrected chi connectivity index (χ1v) is 8.61. The van der Waals surface area contributed by atoms with E-state index in [9.17, 15) is 14.4 Å². The minimum atomic E-state index is -0.419. The van der Waals surface area contributed by atoms with Crippen molar-refractivity contribution in [3.8, 4) is 0 Å². The van der Waals surface area contributed by atoms with Crippen LogP contribution in [-0.2, 0) is 23.1 Å². The van der Waals surface area contributed by atoms with Gasteiger partial charge in [0.15, 0.2) is 5.78 Å². The number of ketones is 1. The van der Waals surface area contributed by atoms with Gasteiger partial charge in [0.1, 0.15) is 5.82 Å². The fraction of sp³-hybridized carbons (Fsp3) is 0.200. The topological polar surface area (TPSA) is 93.1 Å². The Labute approximate surface area is 156 Å². The van der Waals surface area contributed by atoms with Crippen molar-refractivity contribution < 1.29 is 14.4 Å². The normalized spacial score (nSPS) is 10.6. The van der Waals surface area contributed by atoms with Gasteiger partial charge in [0, 0.05) is 25.5 Å². The Morgan fingerprint density at radius 2 is 1.56 bits per heavy atom. The fourth-order valence-electron chi connectivity index (χ4n) is 2.74. The van der Waals surface area contributed by atoms with Gasteiger partial charge in [-0.25, -0.2) is 4.98 Å². The van der Waals surface area contributed by atoms with Crippen LogP contribution in [0.5, 0.6) is 0 Å². The predicted molar refractivity (Wildman–Crippen MR) is 101 cm³/mol. The van der Waals surface area contributed by atoms with Gasteiger partial charge in [-0.2, -0.15) is 0 Å². The SMILES string of the molecule is Cn1c(CC(=O)NNC(=O)CCC(=O)c2ccccc2)nc2ccccc21. The van der Waals surface area contributed by atoms with Gasteiger partial charge in [0.2, 0.25) is 11.8 Å². The van der Waals surface area contributed by atoms with E-state index < -0.39 is 5.91 Å². The molecule has 3 aromatic rings. The van der Waals surface area contributed by atoms with E-state index in [-0.39, 0.29) is 31.0 Å². The summed E-state index contributed by atoms with van der Waals surface area (Å²) in [7, 11) is 1.84. The van der Waals surface area contributed by atoms with E-state index in [1.807, 2.05) is 41.9 Å². The van der Waals surface area contributed by atoms with Crippen molar-refractivity contribution in [1.82, 2.24) is 20.4 Å². The van der Waals surface area contributed by atoms with Gasteiger partial charge in [-0.15, -0.1) is 0 Å². The molecule has 0 radical (unpaired) electrons. The quantitative estimate of drug-likeness (QED) is 0.516. The lowest BCUT2D eigenvalue weighted by atomic mass is 10.1. The third-order valence-electron chi connectivity index (χ3n) is 4.21. The molecule has 0 aliphatic rings. The van der Waals surface area contributed by atoms with Gasteiger partial charge in [0.25, 0.3) is 0 Å². The van der Waals surface area contributed by atoms with Crippen molar-refractivity contribution in [3.05, 3.63) is 66.0 Å². The number of fused-ring (bicyclic) bond motifs is 1. The molecule has 0 saturated carbocycles. The maximum absolute atomic E-state index is 12.1. The molecule has 0 bridgehead atoms. The predicted octanol–water partition coefficient (Wildman–Crippen LogP) is 1.93. The second kappa shape index (κ2) is 8.27. The summed E-state index contributed by atoms with van der Waals surface area (Å²) in [6.45, 7) is 0. The summed E-state index contributed by atoms with van der Waals surface area (Å²) >= 11 is 0. The summed E-state index contributed by atoms with van der Waals surface area (Å²) in [5, 5.41) is 0. The highest BCUT2D eigenvalue weighted by Gasteiger charge is 2.13. The molecule has 1 heterocycles. The molecule has 0 unspecified atom stereocenters. The molecule has 3 rings (SSSR count). The Bertz CT molecular complexity index is 979. The summed E-state index contributed by atoms with van der Waals surface area (Å²) in [5.41, 5.74) is 7.01. The van der Waals surface area contributed by atoms with Crippen LogP contribution in [0, 0.1) is 0 Å². The number of benzene rings is 2. The first kappa shape index (κ1) is 18.3. The number of para-hydroxylation sites is 2. The van der Waals surface area contributed by atoms with E-state index in [4.69, 9.17) is 0 Å². The molecular weight excluding hydrogens is 344 g/mol. The third kappa shape index (κ3) is 4.58. The summed E-state index contributed by atoms with van der Waals surface area (Å²) in [6.07, 6.45) is 0.116. The standard InChI is InChI=1S/C20H20N4O3/c1-24-16-10-6-5-9-15(16)21-18(24)13-20(27)23-22-19(26)12-11-17(25)14-7-3-2-4-8-14/h2-10H,11-13H2,1H3,(H,22,26)(H,23,27). The number of aryl methyl sites for hydroxylation is 1. The Balaban J connectivity index is 1.46. The second-order valence-corrected chi connectivity index (χ2v) is 6.14. The number of amides is 2. The zero-order chi connectivity index (χ0) is 19.2. The van der Waals surface area contributed by atoms with E-state index in [0.717, 1.165) is 11.0 Å². The lowest BCUT2D eigenvalue weighted by Crippen LogP contribution is -2.42. The van der Waals surface area contributed by atoms with Crippen LogP contribution in [0.15, 0.2) is 54.6 Å². The Hall–Kier alpha value is -3.48. The number of nitrogens with one attached hydrogen (secondary N) is 2. The Morgan fingerprint density at radius 3 is 2.30 bits per heavy atom. The molecule has 0 saturated heterocycles. The average Bonchev–Trinajstić information content (AvgIpc) is 3.01. The number of aromatic nitrogens is 2. The molecule has 2 aromatic carbocycles. The number of nitrogens with zero attached hydrogens (tertiary/aromatic N) is 2. The number of hydrazine groups is 1. The first-order valence-electron chi connectivity index (χ1n) is 8.61. The Morgan fingerprint density at radius 1 is 0.889 bits per heavy atom. The lowest BCUT2D eigenvalue weighted by Gasteiger charge is -2.07. The van der Waals surface area contributed by atoms with E-state index >= 15 is 0 Å². The number of Topliss-reactive ketones (excluding diaryl/α,β-unsaturated/α-hetero) is 1. The van der Waals surface area contributed by atoms with Crippen molar-refractivity contribution in [2.75, 3.05) is 0 Å². The maximum atomic E-state index is 12.1. The summed E-state index contributed by atoms with van der Waals surface area (Å²) in [4.78, 5) is 40.3. The number of imidazole rings is 1. The smallest absolute Gasteiger partial charge is 0.245 e. The largest absolute Gasteiger partial charge is 0.331 e. The average molecular weight is 364 g/mol. The molecule has 138 valence electrons. The molecule has 0 atom stereocenters. The van der Waals surface area contributed by atoms with Gasteiger partial charge >= 0.3 is 0 Å². The third-order valence-corrected chi connectivity index (χ3v) is 4.21. The fourth-order valence-corrected chi connectivity index (χ4v) is 2.74. The van der Waals surface area contributed by atoms with E-state index in [1.165, 1.54) is 0 Å². The van der Waals surface area contributed by atoms with Crippen LogP contribution < -0.4 is 10.9 Å². The zero-order valence-electron chi connectivity index (χ0n) is 14.9. The van der Waals surface area contributed by atoms with Crippen molar-refractivity contribution >= 4 is 28.6 Å². The van der Waals surface area contributed by atoms with Gasteiger partial charge in [-0.1, -0.05) is 42.5 Å². The van der Waals surface area contributed by atoms with E-state index in [1.54, 1.807) is 24.3 Å². The van der Waals surface area contributed by atoms with Crippen LogP contribution in [0.1, 0.15) is 29.0 Å². The molecule has 27 heavy (non-hydrogen) atoms. The van der Waals surface area contributed by atoms with Crippen LogP contribution in [0.4, 0.5) is 0 Å². The number of carbonyl (C=O) groups is 3. The minimum Gasteiger partial charge on any atom is -0.331 e. The van der Waals surface area contributed by atoms with Crippen molar-refractivity contribution in [3.63, 3.8) is 0 Å². The van der Waals surface area contributed by atoms with Gasteiger partial charge in [0.05, 0.1) is 17.5 Å². The minimum absolute atomic E-state index is 0.000296.